The van der Waals surface area contributed by atoms with Crippen LogP contribution in [-0.4, -0.2) is 42.1 Å². The molecule has 1 aliphatic heterocycles. The number of aldehydes is 1. The smallest absolute Gasteiger partial charge is 0.144 e. The summed E-state index contributed by atoms with van der Waals surface area (Å²) < 4.78 is 11.4. The van der Waals surface area contributed by atoms with Crippen molar-refractivity contribution in [3.8, 4) is 5.75 Å². The van der Waals surface area contributed by atoms with E-state index in [2.05, 4.69) is 21.8 Å². The van der Waals surface area contributed by atoms with Gasteiger partial charge in [0.25, 0.3) is 0 Å². The van der Waals surface area contributed by atoms with Crippen molar-refractivity contribution >= 4 is 23.0 Å². The third kappa shape index (κ3) is 3.53. The van der Waals surface area contributed by atoms with E-state index in [-0.39, 0.29) is 12.1 Å². The van der Waals surface area contributed by atoms with Crippen LogP contribution in [0, 0.1) is 0 Å². The van der Waals surface area contributed by atoms with Crippen molar-refractivity contribution in [3.63, 3.8) is 0 Å². The van der Waals surface area contributed by atoms with Gasteiger partial charge in [-0.1, -0.05) is 19.1 Å². The first-order valence-electron chi connectivity index (χ1n) is 9.27. The number of aromatic nitrogens is 2. The minimum Gasteiger partial charge on any atom is -0.494 e. The highest BCUT2D eigenvalue weighted by Gasteiger charge is 2.32. The number of imidazole rings is 1. The van der Waals surface area contributed by atoms with E-state index in [1.807, 2.05) is 42.5 Å². The van der Waals surface area contributed by atoms with E-state index in [9.17, 15) is 4.79 Å². The van der Waals surface area contributed by atoms with E-state index in [4.69, 9.17) is 9.47 Å². The number of hydrogen-bond acceptors (Lipinski definition) is 5. The van der Waals surface area contributed by atoms with Crippen LogP contribution in [-0.2, 0) is 9.53 Å². The van der Waals surface area contributed by atoms with Crippen LogP contribution >= 0.6 is 0 Å². The van der Waals surface area contributed by atoms with Crippen LogP contribution in [0.25, 0.3) is 11.0 Å². The minimum atomic E-state index is -0.333. The maximum Gasteiger partial charge on any atom is 0.144 e. The average molecular weight is 365 g/mol. The summed E-state index contributed by atoms with van der Waals surface area (Å²) in [7, 11) is 0. The van der Waals surface area contributed by atoms with E-state index in [1.54, 1.807) is 6.33 Å². The zero-order valence-electron chi connectivity index (χ0n) is 15.3. The van der Waals surface area contributed by atoms with Gasteiger partial charge in [0.15, 0.2) is 0 Å². The molecule has 2 atom stereocenters. The molecule has 1 aromatic heterocycles. The molecule has 4 rings (SSSR count). The molecule has 6 heteroatoms. The van der Waals surface area contributed by atoms with E-state index in [1.165, 1.54) is 0 Å². The molecule has 1 fully saturated rings. The second-order valence-corrected chi connectivity index (χ2v) is 6.69. The van der Waals surface area contributed by atoms with Crippen LogP contribution in [0.4, 0.5) is 5.69 Å². The first-order chi connectivity index (χ1) is 13.3. The highest BCUT2D eigenvalue weighted by Crippen LogP contribution is 2.34. The molecular formula is C21H23N3O3. The lowest BCUT2D eigenvalue weighted by Gasteiger charge is -2.41. The Morgan fingerprint density at radius 1 is 1.26 bits per heavy atom. The van der Waals surface area contributed by atoms with Crippen LogP contribution in [0.2, 0.25) is 0 Å². The van der Waals surface area contributed by atoms with E-state index >= 15 is 0 Å². The van der Waals surface area contributed by atoms with Gasteiger partial charge in [0, 0.05) is 5.69 Å². The Bertz CT molecular complexity index is 906. The number of rotatable bonds is 6. The summed E-state index contributed by atoms with van der Waals surface area (Å²) in [4.78, 5) is 21.3. The molecule has 6 nitrogen and oxygen atoms in total. The number of nitrogens with one attached hydrogen (secondary N) is 1. The quantitative estimate of drug-likeness (QED) is 0.677. The molecule has 1 aliphatic rings. The van der Waals surface area contributed by atoms with Gasteiger partial charge in [-0.25, -0.2) is 4.98 Å². The fourth-order valence-corrected chi connectivity index (χ4v) is 3.52. The molecule has 2 heterocycles. The summed E-state index contributed by atoms with van der Waals surface area (Å²) in [5, 5.41) is 0. The van der Waals surface area contributed by atoms with Crippen molar-refractivity contribution < 1.29 is 14.3 Å². The van der Waals surface area contributed by atoms with Crippen molar-refractivity contribution in [2.45, 2.75) is 25.4 Å². The normalized spacial score (nSPS) is 20.0. The molecule has 3 aromatic rings. The van der Waals surface area contributed by atoms with Gasteiger partial charge < -0.3 is 24.2 Å². The molecule has 0 aliphatic carbocycles. The van der Waals surface area contributed by atoms with Crippen molar-refractivity contribution in [1.29, 1.82) is 0 Å². The number of morpholine rings is 1. The molecule has 2 aromatic carbocycles. The van der Waals surface area contributed by atoms with Crippen molar-refractivity contribution in [2.24, 2.45) is 0 Å². The number of anilines is 1. The van der Waals surface area contributed by atoms with Crippen LogP contribution in [0.3, 0.4) is 0 Å². The van der Waals surface area contributed by atoms with E-state index in [0.717, 1.165) is 40.7 Å². The zero-order valence-corrected chi connectivity index (χ0v) is 15.3. The fraction of sp³-hybridized carbons (Fsp3) is 0.333. The number of hydrogen-bond donors (Lipinski definition) is 1. The van der Waals surface area contributed by atoms with Gasteiger partial charge in [0.05, 0.1) is 43.2 Å². The molecule has 27 heavy (non-hydrogen) atoms. The van der Waals surface area contributed by atoms with E-state index in [0.29, 0.717) is 19.8 Å². The van der Waals surface area contributed by atoms with Gasteiger partial charge in [-0.05, 0) is 42.3 Å². The summed E-state index contributed by atoms with van der Waals surface area (Å²) in [5.74, 6) is 0.856. The monoisotopic (exact) mass is 365 g/mol. The lowest BCUT2D eigenvalue weighted by atomic mass is 10.0. The molecule has 1 N–H and O–H groups in total. The van der Waals surface area contributed by atoms with Crippen molar-refractivity contribution in [1.82, 2.24) is 9.97 Å². The van der Waals surface area contributed by atoms with Gasteiger partial charge in [0.1, 0.15) is 18.1 Å². The molecule has 140 valence electrons. The zero-order chi connectivity index (χ0) is 18.6. The third-order valence-corrected chi connectivity index (χ3v) is 4.85. The number of aromatic amines is 1. The number of carbonyl (C=O) groups excluding carboxylic acids is 1. The lowest BCUT2D eigenvalue weighted by molar-refractivity contribution is -0.111. The second-order valence-electron chi connectivity index (χ2n) is 6.69. The van der Waals surface area contributed by atoms with Crippen LogP contribution in [0.5, 0.6) is 5.75 Å². The Hall–Kier alpha value is -2.86. The largest absolute Gasteiger partial charge is 0.494 e. The highest BCUT2D eigenvalue weighted by molar-refractivity contribution is 5.80. The topological polar surface area (TPSA) is 67.5 Å². The summed E-state index contributed by atoms with van der Waals surface area (Å²) in [6, 6.07) is 13.7. The van der Waals surface area contributed by atoms with Crippen LogP contribution in [0.15, 0.2) is 48.8 Å². The number of nitrogens with zero attached hydrogens (tertiary/aromatic N) is 2. The minimum absolute atomic E-state index is 0.0467. The summed E-state index contributed by atoms with van der Waals surface area (Å²) in [5.41, 5.74) is 3.92. The van der Waals surface area contributed by atoms with Crippen LogP contribution < -0.4 is 9.64 Å². The first kappa shape index (κ1) is 17.5. The number of benzene rings is 2. The van der Waals surface area contributed by atoms with Gasteiger partial charge in [-0.3, -0.25) is 0 Å². The number of ether oxygens (including phenoxy) is 2. The average Bonchev–Trinajstić information content (AvgIpc) is 3.20. The van der Waals surface area contributed by atoms with Gasteiger partial charge in [-0.2, -0.15) is 0 Å². The predicted molar refractivity (Wildman–Crippen MR) is 104 cm³/mol. The molecule has 1 saturated heterocycles. The summed E-state index contributed by atoms with van der Waals surface area (Å²) >= 11 is 0. The molecule has 0 spiro atoms. The molecule has 2 unspecified atom stereocenters. The Balaban J connectivity index is 1.67. The third-order valence-electron chi connectivity index (χ3n) is 4.85. The van der Waals surface area contributed by atoms with Gasteiger partial charge in [0.2, 0.25) is 0 Å². The maximum atomic E-state index is 11.7. The first-order valence-corrected chi connectivity index (χ1v) is 9.27. The number of fused-ring (bicyclic) bond motifs is 1. The highest BCUT2D eigenvalue weighted by atomic mass is 16.5. The standard InChI is InChI=1S/C21H23N3O3/c1-2-9-27-18-6-3-15(4-7-18)21-13-26-12-17(11-25)24(21)16-5-8-19-20(10-16)23-14-22-19/h3-8,10-11,14,17,21H,2,9,12-13H2,1H3,(H,22,23). The van der Waals surface area contributed by atoms with Crippen molar-refractivity contribution in [2.75, 3.05) is 24.7 Å². The molecular weight excluding hydrogens is 342 g/mol. The molecule has 0 radical (unpaired) electrons. The summed E-state index contributed by atoms with van der Waals surface area (Å²) in [6.45, 7) is 3.70. The Morgan fingerprint density at radius 3 is 2.89 bits per heavy atom. The van der Waals surface area contributed by atoms with E-state index < -0.39 is 0 Å². The Kier molecular flexibility index (Phi) is 5.07. The second kappa shape index (κ2) is 7.80. The molecule has 0 amide bonds. The number of H-pyrrole nitrogens is 1. The van der Waals surface area contributed by atoms with Gasteiger partial charge in [-0.15, -0.1) is 0 Å². The molecule has 0 bridgehead atoms. The maximum absolute atomic E-state index is 11.7. The van der Waals surface area contributed by atoms with Gasteiger partial charge >= 0.3 is 0 Å². The molecule has 0 saturated carbocycles. The van der Waals surface area contributed by atoms with Crippen LogP contribution in [0.1, 0.15) is 24.9 Å². The SMILES string of the molecule is CCCOc1ccc(C2COCC(C=O)N2c2ccc3nc[nH]c3c2)cc1. The van der Waals surface area contributed by atoms with Crippen molar-refractivity contribution in [3.05, 3.63) is 54.4 Å². The Labute approximate surface area is 158 Å². The Morgan fingerprint density at radius 2 is 2.11 bits per heavy atom. The predicted octanol–water partition coefficient (Wildman–Crippen LogP) is 3.50. The fourth-order valence-electron chi connectivity index (χ4n) is 3.52. The number of carbonyl (C=O) groups is 1. The summed E-state index contributed by atoms with van der Waals surface area (Å²) in [6.07, 6.45) is 3.61. The lowest BCUT2D eigenvalue weighted by Crippen LogP contribution is -2.48.